The molecule has 2 nitrogen and oxygen atoms in total. The summed E-state index contributed by atoms with van der Waals surface area (Å²) in [4.78, 5) is 0. The molecule has 0 saturated carbocycles. The summed E-state index contributed by atoms with van der Waals surface area (Å²) in [6, 6.07) is 6.74. The van der Waals surface area contributed by atoms with Crippen molar-refractivity contribution in [2.24, 2.45) is 0 Å². The van der Waals surface area contributed by atoms with Gasteiger partial charge in [-0.25, -0.2) is 0 Å². The van der Waals surface area contributed by atoms with E-state index in [2.05, 4.69) is 54.2 Å². The molecule has 1 rings (SSSR count). The number of unbranched alkanes of at least 4 members (excludes halogenated alkanes) is 5. The van der Waals surface area contributed by atoms with Gasteiger partial charge in [0.05, 0.1) is 6.61 Å². The maximum absolute atomic E-state index is 5.87. The second-order valence-electron chi connectivity index (χ2n) is 5.91. The van der Waals surface area contributed by atoms with Crippen LogP contribution in [0.1, 0.15) is 64.9 Å². The van der Waals surface area contributed by atoms with E-state index >= 15 is 0 Å². The van der Waals surface area contributed by atoms with E-state index in [0.717, 1.165) is 29.8 Å². The summed E-state index contributed by atoms with van der Waals surface area (Å²) in [5, 5.41) is 3.44. The van der Waals surface area contributed by atoms with Crippen molar-refractivity contribution in [1.82, 2.24) is 5.32 Å². The first-order chi connectivity index (χ1) is 10.1. The number of hydrogen-bond acceptors (Lipinski definition) is 2. The van der Waals surface area contributed by atoms with Gasteiger partial charge < -0.3 is 10.1 Å². The Morgan fingerprint density at radius 2 is 1.81 bits per heavy atom. The second-order valence-corrected chi connectivity index (χ2v) is 6.76. The highest BCUT2D eigenvalue weighted by atomic mass is 79.9. The zero-order chi connectivity index (χ0) is 15.5. The van der Waals surface area contributed by atoms with Crippen LogP contribution in [0.3, 0.4) is 0 Å². The highest BCUT2D eigenvalue weighted by Crippen LogP contribution is 2.23. The Labute approximate surface area is 138 Å². The third-order valence-electron chi connectivity index (χ3n) is 3.48. The Kier molecular flexibility index (Phi) is 9.77. The molecule has 0 fully saturated rings. The van der Waals surface area contributed by atoms with Crippen LogP contribution >= 0.6 is 15.9 Å². The van der Waals surface area contributed by atoms with Crippen molar-refractivity contribution in [3.63, 3.8) is 0 Å². The van der Waals surface area contributed by atoms with Gasteiger partial charge in [0.15, 0.2) is 0 Å². The van der Waals surface area contributed by atoms with Gasteiger partial charge >= 0.3 is 0 Å². The highest BCUT2D eigenvalue weighted by molar-refractivity contribution is 9.10. The van der Waals surface area contributed by atoms with Crippen molar-refractivity contribution in [3.8, 4) is 5.75 Å². The average molecular weight is 356 g/mol. The molecule has 0 amide bonds. The number of benzene rings is 1. The Morgan fingerprint density at radius 1 is 1.10 bits per heavy atom. The van der Waals surface area contributed by atoms with E-state index in [1.54, 1.807) is 0 Å². The van der Waals surface area contributed by atoms with Crippen molar-refractivity contribution < 1.29 is 4.74 Å². The minimum Gasteiger partial charge on any atom is -0.494 e. The third kappa shape index (κ3) is 8.47. The van der Waals surface area contributed by atoms with Crippen LogP contribution < -0.4 is 10.1 Å². The molecule has 0 aromatic heterocycles. The zero-order valence-electron chi connectivity index (χ0n) is 13.8. The quantitative estimate of drug-likeness (QED) is 0.515. The molecule has 1 aromatic rings. The van der Waals surface area contributed by atoms with E-state index in [1.165, 1.54) is 37.7 Å². The van der Waals surface area contributed by atoms with Crippen molar-refractivity contribution in [3.05, 3.63) is 28.2 Å². The maximum Gasteiger partial charge on any atom is 0.119 e. The molecule has 0 aliphatic heterocycles. The first-order valence-electron chi connectivity index (χ1n) is 8.28. The van der Waals surface area contributed by atoms with E-state index in [-0.39, 0.29) is 0 Å². The summed E-state index contributed by atoms with van der Waals surface area (Å²) in [7, 11) is 0. The molecule has 0 saturated heterocycles. The fourth-order valence-corrected chi connectivity index (χ4v) is 2.55. The van der Waals surface area contributed by atoms with E-state index < -0.39 is 0 Å². The van der Waals surface area contributed by atoms with Gasteiger partial charge in [0.1, 0.15) is 5.75 Å². The lowest BCUT2D eigenvalue weighted by Crippen LogP contribution is -2.22. The molecule has 0 spiro atoms. The van der Waals surface area contributed by atoms with Crippen LogP contribution in [0, 0.1) is 0 Å². The smallest absolute Gasteiger partial charge is 0.119 e. The molecule has 3 heteroatoms. The third-order valence-corrected chi connectivity index (χ3v) is 4.26. The fraction of sp³-hybridized carbons (Fsp3) is 0.667. The zero-order valence-corrected chi connectivity index (χ0v) is 15.3. The molecule has 1 N–H and O–H groups in total. The standard InChI is InChI=1S/C18H30BrNO/c1-4-5-6-7-8-9-12-21-17-10-11-18(19)16(13-17)14-20-15(2)3/h10-11,13,15,20H,4-9,12,14H2,1-3H3. The van der Waals surface area contributed by atoms with Crippen LogP contribution in [0.25, 0.3) is 0 Å². The summed E-state index contributed by atoms with van der Waals surface area (Å²) in [6.45, 7) is 8.26. The van der Waals surface area contributed by atoms with E-state index in [0.29, 0.717) is 6.04 Å². The Balaban J connectivity index is 2.30. The van der Waals surface area contributed by atoms with Gasteiger partial charge in [0.2, 0.25) is 0 Å². The topological polar surface area (TPSA) is 21.3 Å². The molecule has 0 radical (unpaired) electrons. The Morgan fingerprint density at radius 3 is 2.52 bits per heavy atom. The predicted molar refractivity (Wildman–Crippen MR) is 95.0 cm³/mol. The summed E-state index contributed by atoms with van der Waals surface area (Å²) < 4.78 is 7.01. The van der Waals surface area contributed by atoms with Crippen LogP contribution in [0.2, 0.25) is 0 Å². The summed E-state index contributed by atoms with van der Waals surface area (Å²) >= 11 is 3.60. The van der Waals surface area contributed by atoms with E-state index in [1.807, 2.05) is 6.07 Å². The second kappa shape index (κ2) is 11.1. The first kappa shape index (κ1) is 18.5. The molecular formula is C18H30BrNO. The molecule has 0 heterocycles. The number of halogens is 1. The molecule has 0 aliphatic carbocycles. The maximum atomic E-state index is 5.87. The molecule has 21 heavy (non-hydrogen) atoms. The van der Waals surface area contributed by atoms with E-state index in [4.69, 9.17) is 4.74 Å². The first-order valence-corrected chi connectivity index (χ1v) is 9.07. The van der Waals surface area contributed by atoms with Gasteiger partial charge in [0, 0.05) is 17.1 Å². The van der Waals surface area contributed by atoms with Gasteiger partial charge in [-0.2, -0.15) is 0 Å². The number of rotatable bonds is 11. The van der Waals surface area contributed by atoms with Gasteiger partial charge in [-0.15, -0.1) is 0 Å². The lowest BCUT2D eigenvalue weighted by Gasteiger charge is -2.12. The molecular weight excluding hydrogens is 326 g/mol. The molecule has 1 aromatic carbocycles. The molecule has 0 atom stereocenters. The normalized spacial score (nSPS) is 11.1. The monoisotopic (exact) mass is 355 g/mol. The number of hydrogen-bond donors (Lipinski definition) is 1. The summed E-state index contributed by atoms with van der Waals surface area (Å²) in [5.74, 6) is 0.979. The Hall–Kier alpha value is -0.540. The average Bonchev–Trinajstić information content (AvgIpc) is 2.46. The number of ether oxygens (including phenoxy) is 1. The summed E-state index contributed by atoms with van der Waals surface area (Å²) in [6.07, 6.45) is 7.79. The predicted octanol–water partition coefficient (Wildman–Crippen LogP) is 5.69. The number of nitrogens with one attached hydrogen (secondary N) is 1. The van der Waals surface area contributed by atoms with Gasteiger partial charge in [-0.1, -0.05) is 68.8 Å². The van der Waals surface area contributed by atoms with Crippen LogP contribution in [-0.2, 0) is 6.54 Å². The summed E-state index contributed by atoms with van der Waals surface area (Å²) in [5.41, 5.74) is 1.25. The van der Waals surface area contributed by atoms with Gasteiger partial charge in [0.25, 0.3) is 0 Å². The molecule has 120 valence electrons. The SMILES string of the molecule is CCCCCCCCOc1ccc(Br)c(CNC(C)C)c1. The Bertz CT molecular complexity index is 393. The largest absolute Gasteiger partial charge is 0.494 e. The minimum atomic E-state index is 0.490. The molecule has 0 aliphatic rings. The van der Waals surface area contributed by atoms with Gasteiger partial charge in [-0.05, 0) is 30.2 Å². The van der Waals surface area contributed by atoms with Crippen LogP contribution in [-0.4, -0.2) is 12.6 Å². The van der Waals surface area contributed by atoms with E-state index in [9.17, 15) is 0 Å². The van der Waals surface area contributed by atoms with Crippen LogP contribution in [0.5, 0.6) is 5.75 Å². The fourth-order valence-electron chi connectivity index (χ4n) is 2.16. The van der Waals surface area contributed by atoms with Crippen LogP contribution in [0.4, 0.5) is 0 Å². The highest BCUT2D eigenvalue weighted by Gasteiger charge is 2.03. The molecule has 0 unspecified atom stereocenters. The lowest BCUT2D eigenvalue weighted by atomic mass is 10.1. The van der Waals surface area contributed by atoms with Gasteiger partial charge in [-0.3, -0.25) is 0 Å². The van der Waals surface area contributed by atoms with Crippen molar-refractivity contribution >= 4 is 15.9 Å². The molecule has 0 bridgehead atoms. The van der Waals surface area contributed by atoms with Crippen molar-refractivity contribution in [1.29, 1.82) is 0 Å². The van der Waals surface area contributed by atoms with Crippen molar-refractivity contribution in [2.45, 2.75) is 71.9 Å². The van der Waals surface area contributed by atoms with Crippen molar-refractivity contribution in [2.75, 3.05) is 6.61 Å². The van der Waals surface area contributed by atoms with Crippen LogP contribution in [0.15, 0.2) is 22.7 Å². The minimum absolute atomic E-state index is 0.490. The lowest BCUT2D eigenvalue weighted by molar-refractivity contribution is 0.304.